The molecule has 1 amide bonds. The first-order valence-corrected chi connectivity index (χ1v) is 6.79. The molecule has 21 heavy (non-hydrogen) atoms. The van der Waals surface area contributed by atoms with Crippen LogP contribution in [0.5, 0.6) is 0 Å². The first-order valence-electron chi connectivity index (χ1n) is 6.41. The molecule has 2 aliphatic heterocycles. The number of fused-ring (bicyclic) bond motifs is 2. The summed E-state index contributed by atoms with van der Waals surface area (Å²) < 4.78 is 0. The Morgan fingerprint density at radius 2 is 1.62 bits per heavy atom. The standard InChI is InChI=1S/C16H9ClN2O2/c17-8-5-6-12-10(7-8)13(16(21)19-12)14-15(20)9-3-1-2-4-11(9)18-14/h1-7,18H,(H,19,21)/b14-13-. The van der Waals surface area contributed by atoms with Gasteiger partial charge in [0.2, 0.25) is 5.78 Å². The second-order valence-corrected chi connectivity index (χ2v) is 5.33. The fourth-order valence-electron chi connectivity index (χ4n) is 2.68. The molecule has 4 rings (SSSR count). The summed E-state index contributed by atoms with van der Waals surface area (Å²) in [5.41, 5.74) is 3.24. The average molecular weight is 297 g/mol. The molecule has 2 N–H and O–H groups in total. The van der Waals surface area contributed by atoms with Crippen LogP contribution in [-0.4, -0.2) is 11.7 Å². The molecule has 0 aromatic heterocycles. The van der Waals surface area contributed by atoms with Crippen molar-refractivity contribution in [3.8, 4) is 0 Å². The van der Waals surface area contributed by atoms with Crippen molar-refractivity contribution in [2.75, 3.05) is 10.6 Å². The van der Waals surface area contributed by atoms with Crippen LogP contribution in [0.3, 0.4) is 0 Å². The highest BCUT2D eigenvalue weighted by Gasteiger charge is 2.34. The number of rotatable bonds is 0. The van der Waals surface area contributed by atoms with E-state index in [-0.39, 0.29) is 11.7 Å². The number of nitrogens with one attached hydrogen (secondary N) is 2. The van der Waals surface area contributed by atoms with Gasteiger partial charge in [-0.25, -0.2) is 0 Å². The van der Waals surface area contributed by atoms with Crippen LogP contribution in [0.2, 0.25) is 5.02 Å². The number of allylic oxidation sites excluding steroid dienone is 1. The SMILES string of the molecule is O=C1Nc2ccc(Cl)cc2/C1=C1/Nc2ccccc2C1=O. The molecule has 2 aromatic carbocycles. The summed E-state index contributed by atoms with van der Waals surface area (Å²) in [6.45, 7) is 0. The maximum absolute atomic E-state index is 12.5. The summed E-state index contributed by atoms with van der Waals surface area (Å²) in [5, 5.41) is 6.31. The molecule has 2 aromatic rings. The summed E-state index contributed by atoms with van der Waals surface area (Å²) in [5.74, 6) is -0.473. The third-order valence-corrected chi connectivity index (χ3v) is 3.87. The van der Waals surface area contributed by atoms with Crippen molar-refractivity contribution in [1.82, 2.24) is 0 Å². The largest absolute Gasteiger partial charge is 0.351 e. The number of hydrogen-bond acceptors (Lipinski definition) is 3. The Morgan fingerprint density at radius 1 is 0.857 bits per heavy atom. The van der Waals surface area contributed by atoms with E-state index < -0.39 is 0 Å². The molecule has 0 radical (unpaired) electrons. The monoisotopic (exact) mass is 296 g/mol. The fraction of sp³-hybridized carbons (Fsp3) is 0. The van der Waals surface area contributed by atoms with Gasteiger partial charge < -0.3 is 10.6 Å². The van der Waals surface area contributed by atoms with Gasteiger partial charge in [-0.2, -0.15) is 0 Å². The van der Waals surface area contributed by atoms with Crippen LogP contribution in [0.15, 0.2) is 48.2 Å². The van der Waals surface area contributed by atoms with Crippen LogP contribution < -0.4 is 10.6 Å². The number of benzene rings is 2. The number of ketones is 1. The quantitative estimate of drug-likeness (QED) is 0.733. The number of amides is 1. The van der Waals surface area contributed by atoms with Crippen LogP contribution in [0.4, 0.5) is 11.4 Å². The molecule has 0 unspecified atom stereocenters. The molecule has 0 saturated carbocycles. The minimum absolute atomic E-state index is 0.177. The second kappa shape index (κ2) is 4.20. The third-order valence-electron chi connectivity index (χ3n) is 3.63. The third kappa shape index (κ3) is 1.69. The zero-order valence-corrected chi connectivity index (χ0v) is 11.5. The van der Waals surface area contributed by atoms with Crippen molar-refractivity contribution >= 4 is 40.2 Å². The Bertz CT molecular complexity index is 855. The molecule has 4 nitrogen and oxygen atoms in total. The summed E-state index contributed by atoms with van der Waals surface area (Å²) in [6, 6.07) is 12.3. The maximum Gasteiger partial charge on any atom is 0.258 e. The van der Waals surface area contributed by atoms with E-state index in [4.69, 9.17) is 11.6 Å². The van der Waals surface area contributed by atoms with E-state index in [0.717, 1.165) is 0 Å². The minimum Gasteiger partial charge on any atom is -0.351 e. The van der Waals surface area contributed by atoms with E-state index in [1.165, 1.54) is 0 Å². The van der Waals surface area contributed by atoms with Crippen molar-refractivity contribution in [3.63, 3.8) is 0 Å². The molecular weight excluding hydrogens is 288 g/mol. The highest BCUT2D eigenvalue weighted by molar-refractivity contribution is 6.39. The van der Waals surface area contributed by atoms with Gasteiger partial charge >= 0.3 is 0 Å². The van der Waals surface area contributed by atoms with Crippen molar-refractivity contribution in [1.29, 1.82) is 0 Å². The number of hydrogen-bond donors (Lipinski definition) is 2. The molecule has 2 aliphatic rings. The molecule has 0 bridgehead atoms. The lowest BCUT2D eigenvalue weighted by atomic mass is 10.0. The van der Waals surface area contributed by atoms with Crippen molar-refractivity contribution < 1.29 is 9.59 Å². The number of Topliss-reactive ketones (excluding diaryl/α,β-unsaturated/α-hetero) is 1. The first kappa shape index (κ1) is 12.2. The van der Waals surface area contributed by atoms with Crippen LogP contribution in [0.25, 0.3) is 5.57 Å². The number of carbonyl (C=O) groups is 2. The maximum atomic E-state index is 12.5. The van der Waals surface area contributed by atoms with Gasteiger partial charge in [-0.15, -0.1) is 0 Å². The number of halogens is 1. The Kier molecular flexibility index (Phi) is 2.43. The predicted molar refractivity (Wildman–Crippen MR) is 81.4 cm³/mol. The smallest absolute Gasteiger partial charge is 0.258 e. The molecule has 2 heterocycles. The van der Waals surface area contributed by atoms with E-state index in [2.05, 4.69) is 10.6 Å². The molecule has 0 saturated heterocycles. The van der Waals surface area contributed by atoms with Crippen molar-refractivity contribution in [2.45, 2.75) is 0 Å². The van der Waals surface area contributed by atoms with E-state index in [9.17, 15) is 9.59 Å². The van der Waals surface area contributed by atoms with E-state index >= 15 is 0 Å². The molecule has 5 heteroatoms. The van der Waals surface area contributed by atoms with Gasteiger partial charge in [0.15, 0.2) is 0 Å². The van der Waals surface area contributed by atoms with Gasteiger partial charge in [-0.1, -0.05) is 23.7 Å². The summed E-state index contributed by atoms with van der Waals surface area (Å²) in [7, 11) is 0. The summed E-state index contributed by atoms with van der Waals surface area (Å²) in [4.78, 5) is 24.7. The van der Waals surface area contributed by atoms with Gasteiger partial charge in [0, 0.05) is 27.5 Å². The number of para-hydroxylation sites is 1. The number of carbonyl (C=O) groups excluding carboxylic acids is 2. The molecule has 0 spiro atoms. The summed E-state index contributed by atoms with van der Waals surface area (Å²) in [6.07, 6.45) is 0. The normalized spacial score (nSPS) is 19.1. The lowest BCUT2D eigenvalue weighted by Crippen LogP contribution is -2.11. The van der Waals surface area contributed by atoms with Gasteiger partial charge in [0.1, 0.15) is 5.70 Å². The highest BCUT2D eigenvalue weighted by Crippen LogP contribution is 2.39. The van der Waals surface area contributed by atoms with E-state index in [1.807, 2.05) is 12.1 Å². The molecule has 0 aliphatic carbocycles. The van der Waals surface area contributed by atoms with Crippen molar-refractivity contribution in [3.05, 3.63) is 64.3 Å². The molecular formula is C16H9ClN2O2. The van der Waals surface area contributed by atoms with Crippen LogP contribution in [0.1, 0.15) is 15.9 Å². The van der Waals surface area contributed by atoms with Gasteiger partial charge in [-0.3, -0.25) is 9.59 Å². The van der Waals surface area contributed by atoms with Gasteiger partial charge in [0.05, 0.1) is 5.57 Å². The Morgan fingerprint density at radius 3 is 2.43 bits per heavy atom. The van der Waals surface area contributed by atoms with Crippen molar-refractivity contribution in [2.24, 2.45) is 0 Å². The molecule has 102 valence electrons. The summed E-state index contributed by atoms with van der Waals surface area (Å²) >= 11 is 6.00. The first-order chi connectivity index (χ1) is 10.1. The highest BCUT2D eigenvalue weighted by atomic mass is 35.5. The van der Waals surface area contributed by atoms with E-state index in [0.29, 0.717) is 38.8 Å². The van der Waals surface area contributed by atoms with E-state index in [1.54, 1.807) is 30.3 Å². The molecule has 0 atom stereocenters. The minimum atomic E-state index is -0.295. The Hall–Kier alpha value is -2.59. The predicted octanol–water partition coefficient (Wildman–Crippen LogP) is 3.31. The lowest BCUT2D eigenvalue weighted by Gasteiger charge is -2.03. The van der Waals surface area contributed by atoms with Crippen LogP contribution >= 0.6 is 11.6 Å². The molecule has 0 fully saturated rings. The average Bonchev–Trinajstić information content (AvgIpc) is 2.96. The Labute approximate surface area is 125 Å². The fourth-order valence-corrected chi connectivity index (χ4v) is 2.85. The zero-order valence-electron chi connectivity index (χ0n) is 10.7. The lowest BCUT2D eigenvalue weighted by molar-refractivity contribution is -0.110. The zero-order chi connectivity index (χ0) is 14.6. The van der Waals surface area contributed by atoms with Crippen LogP contribution in [0, 0.1) is 0 Å². The topological polar surface area (TPSA) is 58.2 Å². The Balaban J connectivity index is 1.94. The van der Waals surface area contributed by atoms with Crippen LogP contribution in [-0.2, 0) is 4.79 Å². The second-order valence-electron chi connectivity index (χ2n) is 4.89. The van der Waals surface area contributed by atoms with Gasteiger partial charge in [-0.05, 0) is 30.3 Å². The number of anilines is 2. The van der Waals surface area contributed by atoms with Gasteiger partial charge in [0.25, 0.3) is 5.91 Å².